The summed E-state index contributed by atoms with van der Waals surface area (Å²) in [5.74, 6) is 1.83. The predicted octanol–water partition coefficient (Wildman–Crippen LogP) is 6.65. The van der Waals surface area contributed by atoms with Crippen LogP contribution >= 0.6 is 0 Å². The monoisotopic (exact) mass is 484 g/mol. The number of unbranched alkanes of at least 4 members (excludes halogenated alkanes) is 3. The molecule has 1 amide bonds. The van der Waals surface area contributed by atoms with Crippen LogP contribution in [0.25, 0.3) is 6.08 Å². The van der Waals surface area contributed by atoms with Gasteiger partial charge in [0.25, 0.3) is 5.91 Å². The molecule has 0 radical (unpaired) electrons. The minimum absolute atomic E-state index is 0.0221. The van der Waals surface area contributed by atoms with Crippen molar-refractivity contribution in [2.24, 2.45) is 0 Å². The molecular weight excluding hydrogens is 452 g/mol. The molecule has 186 valence electrons. The van der Waals surface area contributed by atoms with Gasteiger partial charge in [-0.3, -0.25) is 4.79 Å². The Bertz CT molecular complexity index is 1130. The third kappa shape index (κ3) is 9.19. The molecule has 3 rings (SSSR count). The summed E-state index contributed by atoms with van der Waals surface area (Å²) in [5, 5.41) is 12.1. The Morgan fingerprint density at radius 3 is 1.89 bits per heavy atom. The van der Waals surface area contributed by atoms with Gasteiger partial charge in [-0.15, -0.1) is 0 Å². The first-order valence-corrected chi connectivity index (χ1v) is 12.2. The maximum Gasteiger partial charge on any atom is 0.266 e. The summed E-state index contributed by atoms with van der Waals surface area (Å²) < 4.78 is 17.2. The molecule has 36 heavy (non-hydrogen) atoms. The molecule has 1 N–H and O–H groups in total. The summed E-state index contributed by atoms with van der Waals surface area (Å²) in [5.41, 5.74) is 1.39. The fraction of sp³-hybridized carbons (Fsp3) is 0.267. The van der Waals surface area contributed by atoms with Gasteiger partial charge in [-0.25, -0.2) is 0 Å². The summed E-state index contributed by atoms with van der Waals surface area (Å²) in [6, 6.07) is 25.8. The smallest absolute Gasteiger partial charge is 0.266 e. The molecule has 6 nitrogen and oxygen atoms in total. The predicted molar refractivity (Wildman–Crippen MR) is 142 cm³/mol. The zero-order valence-corrected chi connectivity index (χ0v) is 20.6. The van der Waals surface area contributed by atoms with Gasteiger partial charge in [0.1, 0.15) is 42.1 Å². The van der Waals surface area contributed by atoms with Crippen molar-refractivity contribution in [3.63, 3.8) is 0 Å². The summed E-state index contributed by atoms with van der Waals surface area (Å²) in [7, 11) is 0. The number of para-hydroxylation sites is 1. The lowest BCUT2D eigenvalue weighted by molar-refractivity contribution is -0.112. The summed E-state index contributed by atoms with van der Waals surface area (Å²) in [6.45, 7) is 3.72. The molecule has 0 aliphatic rings. The van der Waals surface area contributed by atoms with Crippen molar-refractivity contribution in [2.45, 2.75) is 32.6 Å². The molecule has 0 saturated heterocycles. The van der Waals surface area contributed by atoms with Crippen molar-refractivity contribution in [2.75, 3.05) is 25.1 Å². The molecule has 0 heterocycles. The Morgan fingerprint density at radius 1 is 0.778 bits per heavy atom. The summed E-state index contributed by atoms with van der Waals surface area (Å²) >= 11 is 0. The number of benzene rings is 3. The van der Waals surface area contributed by atoms with Crippen LogP contribution in [0.4, 0.5) is 5.69 Å². The van der Waals surface area contributed by atoms with Crippen LogP contribution in [0.2, 0.25) is 0 Å². The van der Waals surface area contributed by atoms with Crippen molar-refractivity contribution in [1.29, 1.82) is 5.26 Å². The number of hydrogen-bond acceptors (Lipinski definition) is 5. The summed E-state index contributed by atoms with van der Waals surface area (Å²) in [6.07, 6.45) is 6.28. The van der Waals surface area contributed by atoms with Crippen LogP contribution in [0, 0.1) is 11.3 Å². The van der Waals surface area contributed by atoms with E-state index in [1.165, 1.54) is 19.3 Å². The minimum atomic E-state index is -0.451. The highest BCUT2D eigenvalue weighted by Gasteiger charge is 2.09. The third-order valence-electron chi connectivity index (χ3n) is 5.30. The Kier molecular flexibility index (Phi) is 10.9. The second-order valence-corrected chi connectivity index (χ2v) is 8.14. The first kappa shape index (κ1) is 26.4. The maximum absolute atomic E-state index is 12.4. The Morgan fingerprint density at radius 2 is 1.33 bits per heavy atom. The van der Waals surface area contributed by atoms with Gasteiger partial charge < -0.3 is 19.5 Å². The SMILES string of the molecule is CCCCCCOc1ccc(OCCOc2ccc(/C=C(\C#N)C(=O)Nc3ccccc3)cc2)cc1. The standard InChI is InChI=1S/C30H32N2O4/c1-2-3-4-8-19-34-28-15-17-29(18-16-28)36-21-20-35-27-13-11-24(12-14-27)22-25(23-31)30(33)32-26-9-6-5-7-10-26/h5-7,9-18,22H,2-4,8,19-21H2,1H3,(H,32,33)/b25-22+. The largest absolute Gasteiger partial charge is 0.494 e. The van der Waals surface area contributed by atoms with Crippen molar-refractivity contribution in [3.8, 4) is 23.3 Å². The number of carbonyl (C=O) groups excluding carboxylic acids is 1. The Labute approximate surface area is 213 Å². The van der Waals surface area contributed by atoms with E-state index in [0.29, 0.717) is 24.7 Å². The van der Waals surface area contributed by atoms with Crippen LogP contribution < -0.4 is 19.5 Å². The van der Waals surface area contributed by atoms with Gasteiger partial charge in [-0.2, -0.15) is 5.26 Å². The van der Waals surface area contributed by atoms with Crippen LogP contribution in [0.1, 0.15) is 38.2 Å². The van der Waals surface area contributed by atoms with Crippen molar-refractivity contribution >= 4 is 17.7 Å². The van der Waals surface area contributed by atoms with Crippen LogP contribution in [-0.2, 0) is 4.79 Å². The van der Waals surface area contributed by atoms with Gasteiger partial charge in [0.2, 0.25) is 0 Å². The molecule has 0 atom stereocenters. The second kappa shape index (κ2) is 14.9. The number of hydrogen-bond donors (Lipinski definition) is 1. The van der Waals surface area contributed by atoms with E-state index in [-0.39, 0.29) is 5.57 Å². The quantitative estimate of drug-likeness (QED) is 0.157. The normalized spacial score (nSPS) is 10.8. The highest BCUT2D eigenvalue weighted by molar-refractivity contribution is 6.09. The number of nitrogens with one attached hydrogen (secondary N) is 1. The van der Waals surface area contributed by atoms with Crippen molar-refractivity contribution in [3.05, 3.63) is 90.0 Å². The molecule has 6 heteroatoms. The van der Waals surface area contributed by atoms with E-state index in [0.717, 1.165) is 30.1 Å². The van der Waals surface area contributed by atoms with E-state index in [1.54, 1.807) is 42.5 Å². The molecule has 0 bridgehead atoms. The second-order valence-electron chi connectivity index (χ2n) is 8.14. The fourth-order valence-corrected chi connectivity index (χ4v) is 3.37. The topological polar surface area (TPSA) is 80.6 Å². The Hall–Kier alpha value is -4.24. The highest BCUT2D eigenvalue weighted by Crippen LogP contribution is 2.19. The summed E-state index contributed by atoms with van der Waals surface area (Å²) in [4.78, 5) is 12.4. The van der Waals surface area contributed by atoms with E-state index in [9.17, 15) is 10.1 Å². The first-order chi connectivity index (χ1) is 17.7. The molecule has 0 spiro atoms. The zero-order chi connectivity index (χ0) is 25.4. The van der Waals surface area contributed by atoms with E-state index in [4.69, 9.17) is 14.2 Å². The molecule has 0 unspecified atom stereocenters. The highest BCUT2D eigenvalue weighted by atomic mass is 16.5. The van der Waals surface area contributed by atoms with E-state index >= 15 is 0 Å². The lowest BCUT2D eigenvalue weighted by Gasteiger charge is -2.10. The maximum atomic E-state index is 12.4. The molecule has 0 fully saturated rings. The van der Waals surface area contributed by atoms with Gasteiger partial charge in [0.15, 0.2) is 0 Å². The average Bonchev–Trinajstić information content (AvgIpc) is 2.91. The Balaban J connectivity index is 1.40. The van der Waals surface area contributed by atoms with Gasteiger partial charge in [-0.05, 0) is 66.6 Å². The molecule has 0 aromatic heterocycles. The van der Waals surface area contributed by atoms with Crippen LogP contribution in [-0.4, -0.2) is 25.7 Å². The zero-order valence-electron chi connectivity index (χ0n) is 20.6. The third-order valence-corrected chi connectivity index (χ3v) is 5.30. The number of rotatable bonds is 14. The van der Waals surface area contributed by atoms with Crippen molar-refractivity contribution < 1.29 is 19.0 Å². The lowest BCUT2D eigenvalue weighted by atomic mass is 10.1. The van der Waals surface area contributed by atoms with Crippen LogP contribution in [0.5, 0.6) is 17.2 Å². The van der Waals surface area contributed by atoms with Gasteiger partial charge in [0.05, 0.1) is 6.61 Å². The molecule has 0 saturated carbocycles. The van der Waals surface area contributed by atoms with Crippen LogP contribution in [0.3, 0.4) is 0 Å². The van der Waals surface area contributed by atoms with Crippen molar-refractivity contribution in [1.82, 2.24) is 0 Å². The van der Waals surface area contributed by atoms with E-state index in [1.807, 2.05) is 48.5 Å². The van der Waals surface area contributed by atoms with E-state index < -0.39 is 5.91 Å². The lowest BCUT2D eigenvalue weighted by Crippen LogP contribution is -2.13. The van der Waals surface area contributed by atoms with Gasteiger partial charge in [-0.1, -0.05) is 56.5 Å². The molecule has 0 aliphatic carbocycles. The molecule has 3 aromatic carbocycles. The van der Waals surface area contributed by atoms with Gasteiger partial charge >= 0.3 is 0 Å². The number of carbonyl (C=O) groups is 1. The van der Waals surface area contributed by atoms with Gasteiger partial charge in [0, 0.05) is 5.69 Å². The fourth-order valence-electron chi connectivity index (χ4n) is 3.37. The minimum Gasteiger partial charge on any atom is -0.494 e. The number of nitrogens with zero attached hydrogens (tertiary/aromatic N) is 1. The number of amides is 1. The average molecular weight is 485 g/mol. The molecular formula is C30H32N2O4. The molecule has 3 aromatic rings. The van der Waals surface area contributed by atoms with E-state index in [2.05, 4.69) is 12.2 Å². The number of anilines is 1. The number of ether oxygens (including phenoxy) is 3. The van der Waals surface area contributed by atoms with Crippen LogP contribution in [0.15, 0.2) is 84.4 Å². The molecule has 0 aliphatic heterocycles. The number of nitriles is 1. The first-order valence-electron chi connectivity index (χ1n) is 12.2.